The van der Waals surface area contributed by atoms with Gasteiger partial charge in [0.05, 0.1) is 11.4 Å². The molecule has 0 atom stereocenters. The zero-order chi connectivity index (χ0) is 39.3. The van der Waals surface area contributed by atoms with Gasteiger partial charge >= 0.3 is 0 Å². The predicted molar refractivity (Wildman–Crippen MR) is 254 cm³/mol. The quantitative estimate of drug-likeness (QED) is 0.162. The fourth-order valence-electron chi connectivity index (χ4n) is 9.91. The van der Waals surface area contributed by atoms with Gasteiger partial charge in [0.25, 0.3) is 0 Å². The molecule has 1 aliphatic carbocycles. The first-order valence-electron chi connectivity index (χ1n) is 20.7. The Morgan fingerprint density at radius 1 is 0.317 bits per heavy atom. The molecule has 0 unspecified atom stereocenters. The van der Waals surface area contributed by atoms with E-state index in [0.29, 0.717) is 0 Å². The van der Waals surface area contributed by atoms with Crippen molar-refractivity contribution in [2.24, 2.45) is 0 Å². The molecule has 0 radical (unpaired) electrons. The number of anilines is 3. The van der Waals surface area contributed by atoms with E-state index in [-0.39, 0.29) is 0 Å². The third kappa shape index (κ3) is 4.88. The van der Waals surface area contributed by atoms with E-state index in [9.17, 15) is 0 Å². The number of nitrogens with zero attached hydrogens (tertiary/aromatic N) is 1. The summed E-state index contributed by atoms with van der Waals surface area (Å²) in [5.74, 6) is 0. The smallest absolute Gasteiger partial charge is 0.159 e. The molecule has 0 N–H and O–H groups in total. The molecule has 13 rings (SSSR count). The summed E-state index contributed by atoms with van der Waals surface area (Å²) in [4.78, 5) is 2.47. The van der Waals surface area contributed by atoms with E-state index in [1.54, 1.807) is 0 Å². The Bertz CT molecular complexity index is 3710. The van der Waals surface area contributed by atoms with Gasteiger partial charge in [0, 0.05) is 27.4 Å². The number of hydrogen-bond acceptors (Lipinski definition) is 2. The van der Waals surface area contributed by atoms with Crippen LogP contribution in [0.4, 0.5) is 17.1 Å². The minimum Gasteiger partial charge on any atom is -0.454 e. The SMILES string of the molecule is c1ccc(-c2ccc3cc4c(cc3c2)-c2cc3cc(N(c5c(-c6ccccc6)c6ccccc6c6ccccc56)c5cccc6c5oc5ccccc56)ccc3cc2-4)cc1. The molecule has 60 heavy (non-hydrogen) atoms. The van der Waals surface area contributed by atoms with E-state index >= 15 is 0 Å². The fourth-order valence-corrected chi connectivity index (χ4v) is 9.91. The molecule has 12 aromatic rings. The van der Waals surface area contributed by atoms with Crippen LogP contribution < -0.4 is 4.90 Å². The molecule has 1 aliphatic rings. The summed E-state index contributed by atoms with van der Waals surface area (Å²) in [7, 11) is 0. The second kappa shape index (κ2) is 12.8. The van der Waals surface area contributed by atoms with E-state index in [0.717, 1.165) is 44.6 Å². The molecule has 2 nitrogen and oxygen atoms in total. The molecule has 0 saturated carbocycles. The third-order valence-electron chi connectivity index (χ3n) is 12.7. The Labute approximate surface area is 346 Å². The summed E-state index contributed by atoms with van der Waals surface area (Å²) in [5.41, 5.74) is 15.0. The maximum Gasteiger partial charge on any atom is 0.159 e. The maximum absolute atomic E-state index is 6.85. The second-order valence-corrected chi connectivity index (χ2v) is 16.0. The average Bonchev–Trinajstić information content (AvgIpc) is 3.70. The third-order valence-corrected chi connectivity index (χ3v) is 12.7. The summed E-state index contributed by atoms with van der Waals surface area (Å²) < 4.78 is 6.85. The van der Waals surface area contributed by atoms with Gasteiger partial charge in [0.1, 0.15) is 5.58 Å². The Morgan fingerprint density at radius 2 is 0.850 bits per heavy atom. The predicted octanol–water partition coefficient (Wildman–Crippen LogP) is 16.6. The Kier molecular flexibility index (Phi) is 7.05. The van der Waals surface area contributed by atoms with Crippen molar-refractivity contribution in [1.82, 2.24) is 0 Å². The molecular weight excluding hydrogens is 727 g/mol. The standard InChI is InChI=1S/C58H35NO/c1-3-14-36(15-4-1)38-26-27-39-32-50-51-33-40-28-29-43(31-42(40)35-53(51)52(50)34-41(39)30-38)59(54-24-13-23-49-46-20-11-12-25-55(46)60-58(49)54)57-48-22-10-8-19-45(48)44-18-7-9-21-47(44)56(57)37-16-5-2-6-17-37/h1-35H. The molecule has 0 spiro atoms. The molecule has 0 saturated heterocycles. The number of fused-ring (bicyclic) bond motifs is 12. The van der Waals surface area contributed by atoms with Crippen molar-refractivity contribution in [2.45, 2.75) is 0 Å². The van der Waals surface area contributed by atoms with Crippen molar-refractivity contribution < 1.29 is 4.42 Å². The van der Waals surface area contributed by atoms with Crippen LogP contribution in [0, 0.1) is 0 Å². The molecule has 1 aromatic heterocycles. The molecule has 0 bridgehead atoms. The van der Waals surface area contributed by atoms with Crippen molar-refractivity contribution in [1.29, 1.82) is 0 Å². The average molecular weight is 762 g/mol. The molecule has 0 fully saturated rings. The van der Waals surface area contributed by atoms with Gasteiger partial charge in [-0.2, -0.15) is 0 Å². The first-order valence-corrected chi connectivity index (χ1v) is 20.7. The number of rotatable bonds is 5. The largest absolute Gasteiger partial charge is 0.454 e. The molecule has 278 valence electrons. The van der Waals surface area contributed by atoms with E-state index in [4.69, 9.17) is 4.42 Å². The monoisotopic (exact) mass is 761 g/mol. The summed E-state index contributed by atoms with van der Waals surface area (Å²) in [6, 6.07) is 77.5. The minimum absolute atomic E-state index is 0.864. The van der Waals surface area contributed by atoms with Gasteiger partial charge < -0.3 is 9.32 Å². The maximum atomic E-state index is 6.85. The van der Waals surface area contributed by atoms with Crippen LogP contribution in [0.2, 0.25) is 0 Å². The molecule has 2 heteroatoms. The number of para-hydroxylation sites is 2. The normalized spacial score (nSPS) is 12.0. The van der Waals surface area contributed by atoms with Crippen molar-refractivity contribution in [3.8, 4) is 44.5 Å². The zero-order valence-electron chi connectivity index (χ0n) is 32.6. The molecule has 1 heterocycles. The lowest BCUT2D eigenvalue weighted by molar-refractivity contribution is 0.669. The van der Waals surface area contributed by atoms with Crippen LogP contribution >= 0.6 is 0 Å². The Balaban J connectivity index is 1.07. The molecule has 0 aliphatic heterocycles. The van der Waals surface area contributed by atoms with Crippen molar-refractivity contribution >= 4 is 82.1 Å². The van der Waals surface area contributed by atoms with Gasteiger partial charge in [0.15, 0.2) is 5.58 Å². The van der Waals surface area contributed by atoms with E-state index in [1.165, 1.54) is 82.0 Å². The van der Waals surface area contributed by atoms with Crippen LogP contribution in [0.25, 0.3) is 110 Å². The van der Waals surface area contributed by atoms with Gasteiger partial charge in [-0.05, 0) is 131 Å². The lowest BCUT2D eigenvalue weighted by Gasteiger charge is -2.31. The summed E-state index contributed by atoms with van der Waals surface area (Å²) in [5, 5.41) is 12.0. The van der Waals surface area contributed by atoms with E-state index in [1.807, 2.05) is 0 Å². The van der Waals surface area contributed by atoms with Crippen molar-refractivity contribution in [3.05, 3.63) is 212 Å². The van der Waals surface area contributed by atoms with Gasteiger partial charge in [-0.15, -0.1) is 0 Å². The van der Waals surface area contributed by atoms with Gasteiger partial charge in [0.2, 0.25) is 0 Å². The zero-order valence-corrected chi connectivity index (χ0v) is 32.6. The number of benzene rings is 11. The topological polar surface area (TPSA) is 16.4 Å². The van der Waals surface area contributed by atoms with Crippen LogP contribution in [-0.2, 0) is 0 Å². The molecule has 11 aromatic carbocycles. The highest BCUT2D eigenvalue weighted by Gasteiger charge is 2.28. The lowest BCUT2D eigenvalue weighted by atomic mass is 9.77. The fraction of sp³-hybridized carbons (Fsp3) is 0. The first kappa shape index (κ1) is 33.1. The summed E-state index contributed by atoms with van der Waals surface area (Å²) in [6.07, 6.45) is 0. The molecule has 0 amide bonds. The Morgan fingerprint density at radius 3 is 1.57 bits per heavy atom. The van der Waals surface area contributed by atoms with Crippen LogP contribution in [0.5, 0.6) is 0 Å². The van der Waals surface area contributed by atoms with E-state index in [2.05, 4.69) is 217 Å². The van der Waals surface area contributed by atoms with Gasteiger partial charge in [-0.25, -0.2) is 0 Å². The van der Waals surface area contributed by atoms with Crippen molar-refractivity contribution in [2.75, 3.05) is 4.90 Å². The highest BCUT2D eigenvalue weighted by molar-refractivity contribution is 6.24. The van der Waals surface area contributed by atoms with Crippen LogP contribution in [0.1, 0.15) is 0 Å². The second-order valence-electron chi connectivity index (χ2n) is 16.0. The molecular formula is C58H35NO. The Hall–Kier alpha value is -7.94. The van der Waals surface area contributed by atoms with Crippen LogP contribution in [0.3, 0.4) is 0 Å². The van der Waals surface area contributed by atoms with Crippen LogP contribution in [-0.4, -0.2) is 0 Å². The lowest BCUT2D eigenvalue weighted by Crippen LogP contribution is -2.13. The number of furan rings is 1. The van der Waals surface area contributed by atoms with Crippen molar-refractivity contribution in [3.63, 3.8) is 0 Å². The highest BCUT2D eigenvalue weighted by atomic mass is 16.3. The van der Waals surface area contributed by atoms with Gasteiger partial charge in [-0.3, -0.25) is 0 Å². The van der Waals surface area contributed by atoms with E-state index < -0.39 is 0 Å². The summed E-state index contributed by atoms with van der Waals surface area (Å²) in [6.45, 7) is 0. The van der Waals surface area contributed by atoms with Gasteiger partial charge in [-0.1, -0.05) is 158 Å². The summed E-state index contributed by atoms with van der Waals surface area (Å²) >= 11 is 0. The van der Waals surface area contributed by atoms with Crippen LogP contribution in [0.15, 0.2) is 217 Å². The number of hydrogen-bond donors (Lipinski definition) is 0. The highest BCUT2D eigenvalue weighted by Crippen LogP contribution is 2.54. The minimum atomic E-state index is 0.864. The first-order chi connectivity index (χ1) is 29.7.